The lowest BCUT2D eigenvalue weighted by molar-refractivity contribution is -0.153. The van der Waals surface area contributed by atoms with Crippen molar-refractivity contribution in [3.8, 4) is 11.5 Å². The van der Waals surface area contributed by atoms with E-state index in [1.165, 1.54) is 12.1 Å². The average Bonchev–Trinajstić information content (AvgIpc) is 3.02. The Labute approximate surface area is 168 Å². The fourth-order valence-corrected chi connectivity index (χ4v) is 3.55. The van der Waals surface area contributed by atoms with Gasteiger partial charge in [0.25, 0.3) is 6.02 Å². The SMILES string of the molecule is COc1ccc(C2(c3cc(Br)cc(OCC(F)(F)F)c3)COC(N)=N2)cc1C. The second kappa shape index (κ2) is 7.54. The highest BCUT2D eigenvalue weighted by atomic mass is 79.9. The van der Waals surface area contributed by atoms with Crippen LogP contribution in [0.15, 0.2) is 45.9 Å². The van der Waals surface area contributed by atoms with E-state index in [2.05, 4.69) is 20.9 Å². The number of ether oxygens (including phenoxy) is 3. The van der Waals surface area contributed by atoms with Crippen molar-refractivity contribution in [3.05, 3.63) is 57.6 Å². The number of rotatable bonds is 5. The molecule has 0 amide bonds. The topological polar surface area (TPSA) is 66.1 Å². The van der Waals surface area contributed by atoms with E-state index in [0.717, 1.165) is 11.1 Å². The van der Waals surface area contributed by atoms with Crippen LogP contribution in [0.5, 0.6) is 11.5 Å². The van der Waals surface area contributed by atoms with Crippen LogP contribution in [-0.4, -0.2) is 32.5 Å². The van der Waals surface area contributed by atoms with Crippen molar-refractivity contribution in [2.24, 2.45) is 10.7 Å². The summed E-state index contributed by atoms with van der Waals surface area (Å²) in [7, 11) is 1.57. The summed E-state index contributed by atoms with van der Waals surface area (Å²) in [6.45, 7) is 0.608. The maximum atomic E-state index is 12.5. The van der Waals surface area contributed by atoms with Gasteiger partial charge in [0.2, 0.25) is 0 Å². The Morgan fingerprint density at radius 3 is 2.54 bits per heavy atom. The molecule has 1 unspecified atom stereocenters. The molecule has 0 saturated heterocycles. The Morgan fingerprint density at radius 2 is 1.96 bits per heavy atom. The van der Waals surface area contributed by atoms with Gasteiger partial charge in [-0.2, -0.15) is 13.2 Å². The third kappa shape index (κ3) is 4.19. The minimum absolute atomic E-state index is 0.00575. The first-order chi connectivity index (χ1) is 13.1. The highest BCUT2D eigenvalue weighted by molar-refractivity contribution is 9.10. The third-order valence-corrected chi connectivity index (χ3v) is 4.81. The van der Waals surface area contributed by atoms with Crippen molar-refractivity contribution in [3.63, 3.8) is 0 Å². The predicted molar refractivity (Wildman–Crippen MR) is 102 cm³/mol. The predicted octanol–water partition coefficient (Wildman–Crippen LogP) is 4.30. The van der Waals surface area contributed by atoms with Gasteiger partial charge in [0, 0.05) is 4.47 Å². The standard InChI is InChI=1S/C19H18BrF3N2O3/c1-11-5-12(3-4-16(11)26-2)18(9-28-17(24)25-18)13-6-14(20)8-15(7-13)27-10-19(21,22)23/h3-8H,9-10H2,1-2H3,(H2,24,25). The molecular weight excluding hydrogens is 441 g/mol. The number of aryl methyl sites for hydroxylation is 1. The van der Waals surface area contributed by atoms with Crippen molar-refractivity contribution in [1.82, 2.24) is 0 Å². The quantitative estimate of drug-likeness (QED) is 0.725. The fourth-order valence-electron chi connectivity index (χ4n) is 3.08. The molecule has 0 spiro atoms. The number of hydrogen-bond donors (Lipinski definition) is 1. The molecule has 0 aromatic heterocycles. The van der Waals surface area contributed by atoms with Gasteiger partial charge in [-0.3, -0.25) is 0 Å². The monoisotopic (exact) mass is 458 g/mol. The van der Waals surface area contributed by atoms with Gasteiger partial charge in [0.15, 0.2) is 12.1 Å². The van der Waals surface area contributed by atoms with Gasteiger partial charge in [0.1, 0.15) is 18.1 Å². The first-order valence-electron chi connectivity index (χ1n) is 8.27. The van der Waals surface area contributed by atoms with Crippen molar-refractivity contribution < 1.29 is 27.4 Å². The average molecular weight is 459 g/mol. The Morgan fingerprint density at radius 1 is 1.21 bits per heavy atom. The molecule has 150 valence electrons. The molecule has 2 N–H and O–H groups in total. The molecule has 9 heteroatoms. The Hall–Kier alpha value is -2.42. The molecule has 1 atom stereocenters. The first-order valence-corrected chi connectivity index (χ1v) is 9.06. The number of halogens is 4. The summed E-state index contributed by atoms with van der Waals surface area (Å²) in [6, 6.07) is 10.3. The molecule has 0 fully saturated rings. The van der Waals surface area contributed by atoms with Crippen molar-refractivity contribution in [2.75, 3.05) is 20.3 Å². The van der Waals surface area contributed by atoms with Gasteiger partial charge in [0.05, 0.1) is 7.11 Å². The molecule has 3 rings (SSSR count). The molecule has 2 aromatic carbocycles. The molecule has 2 aromatic rings. The smallest absolute Gasteiger partial charge is 0.422 e. The lowest BCUT2D eigenvalue weighted by Crippen LogP contribution is -2.27. The van der Waals surface area contributed by atoms with Gasteiger partial charge in [-0.1, -0.05) is 22.0 Å². The molecule has 0 saturated carbocycles. The number of benzene rings is 2. The summed E-state index contributed by atoms with van der Waals surface area (Å²) in [4.78, 5) is 4.48. The van der Waals surface area contributed by atoms with Crippen LogP contribution in [0.3, 0.4) is 0 Å². The van der Waals surface area contributed by atoms with E-state index in [4.69, 9.17) is 19.9 Å². The van der Waals surface area contributed by atoms with E-state index in [1.807, 2.05) is 19.1 Å². The van der Waals surface area contributed by atoms with Gasteiger partial charge < -0.3 is 19.9 Å². The maximum absolute atomic E-state index is 12.5. The maximum Gasteiger partial charge on any atom is 0.422 e. The van der Waals surface area contributed by atoms with Crippen LogP contribution in [-0.2, 0) is 10.3 Å². The highest BCUT2D eigenvalue weighted by Gasteiger charge is 2.41. The molecular formula is C19H18BrF3N2O3. The van der Waals surface area contributed by atoms with E-state index in [1.54, 1.807) is 19.2 Å². The molecule has 0 radical (unpaired) electrons. The fraction of sp³-hybridized carbons (Fsp3) is 0.316. The minimum Gasteiger partial charge on any atom is -0.496 e. The summed E-state index contributed by atoms with van der Waals surface area (Å²) in [5.41, 5.74) is 7.00. The lowest BCUT2D eigenvalue weighted by Gasteiger charge is -2.27. The number of hydrogen-bond acceptors (Lipinski definition) is 5. The Kier molecular flexibility index (Phi) is 5.47. The zero-order valence-electron chi connectivity index (χ0n) is 15.1. The van der Waals surface area contributed by atoms with Crippen LogP contribution >= 0.6 is 15.9 Å². The Bertz CT molecular complexity index is 918. The van der Waals surface area contributed by atoms with Crippen LogP contribution in [0.4, 0.5) is 13.2 Å². The molecule has 5 nitrogen and oxygen atoms in total. The van der Waals surface area contributed by atoms with E-state index in [-0.39, 0.29) is 18.4 Å². The Balaban J connectivity index is 2.08. The first kappa shape index (κ1) is 20.3. The van der Waals surface area contributed by atoms with E-state index < -0.39 is 18.3 Å². The summed E-state index contributed by atoms with van der Waals surface area (Å²) in [5, 5.41) is 0. The van der Waals surface area contributed by atoms with E-state index in [0.29, 0.717) is 15.8 Å². The number of methoxy groups -OCH3 is 1. The van der Waals surface area contributed by atoms with E-state index in [9.17, 15) is 13.2 Å². The summed E-state index contributed by atoms with van der Waals surface area (Å²) in [6.07, 6.45) is -4.44. The van der Waals surface area contributed by atoms with Crippen LogP contribution in [0.25, 0.3) is 0 Å². The summed E-state index contributed by atoms with van der Waals surface area (Å²) >= 11 is 3.33. The van der Waals surface area contributed by atoms with Crippen LogP contribution in [0.1, 0.15) is 16.7 Å². The van der Waals surface area contributed by atoms with Gasteiger partial charge in [-0.05, 0) is 53.9 Å². The van der Waals surface area contributed by atoms with Crippen molar-refractivity contribution in [2.45, 2.75) is 18.6 Å². The molecule has 1 aliphatic rings. The molecule has 1 aliphatic heterocycles. The van der Waals surface area contributed by atoms with Crippen LogP contribution in [0, 0.1) is 6.92 Å². The summed E-state index contributed by atoms with van der Waals surface area (Å²) < 4.78 is 53.8. The largest absolute Gasteiger partial charge is 0.496 e. The number of amidine groups is 1. The second-order valence-corrected chi connectivity index (χ2v) is 7.28. The third-order valence-electron chi connectivity index (χ3n) is 4.35. The van der Waals surface area contributed by atoms with Crippen molar-refractivity contribution >= 4 is 22.0 Å². The second-order valence-electron chi connectivity index (χ2n) is 6.36. The number of aliphatic imine (C=N–C) groups is 1. The van der Waals surface area contributed by atoms with Crippen LogP contribution in [0.2, 0.25) is 0 Å². The van der Waals surface area contributed by atoms with Gasteiger partial charge in [-0.25, -0.2) is 4.99 Å². The minimum atomic E-state index is -4.44. The van der Waals surface area contributed by atoms with Gasteiger partial charge >= 0.3 is 6.18 Å². The molecule has 0 aliphatic carbocycles. The zero-order chi connectivity index (χ0) is 20.5. The molecule has 0 bridgehead atoms. The lowest BCUT2D eigenvalue weighted by atomic mass is 9.83. The normalized spacial score (nSPS) is 19.1. The zero-order valence-corrected chi connectivity index (χ0v) is 16.7. The number of nitrogens with zero attached hydrogens (tertiary/aromatic N) is 1. The number of alkyl halides is 3. The van der Waals surface area contributed by atoms with Crippen LogP contribution < -0.4 is 15.2 Å². The van der Waals surface area contributed by atoms with Gasteiger partial charge in [-0.15, -0.1) is 0 Å². The summed E-state index contributed by atoms with van der Waals surface area (Å²) in [5.74, 6) is 0.769. The molecule has 1 heterocycles. The molecule has 28 heavy (non-hydrogen) atoms. The van der Waals surface area contributed by atoms with Crippen molar-refractivity contribution in [1.29, 1.82) is 0 Å². The highest BCUT2D eigenvalue weighted by Crippen LogP contribution is 2.41. The number of nitrogens with two attached hydrogens (primary N) is 1. The van der Waals surface area contributed by atoms with E-state index >= 15 is 0 Å².